The monoisotopic (exact) mass is 416 g/mol. The van der Waals surface area contributed by atoms with Crippen LogP contribution in [0.4, 0.5) is 10.1 Å². The third kappa shape index (κ3) is 4.50. The maximum Gasteiger partial charge on any atom is 0.253 e. The fourth-order valence-corrected chi connectivity index (χ4v) is 3.52. The maximum absolute atomic E-state index is 13.7. The van der Waals surface area contributed by atoms with Crippen molar-refractivity contribution in [1.29, 1.82) is 0 Å². The predicted molar refractivity (Wildman–Crippen MR) is 116 cm³/mol. The maximum atomic E-state index is 13.7. The topological polar surface area (TPSA) is 84.0 Å². The molecule has 2 N–H and O–H groups in total. The summed E-state index contributed by atoms with van der Waals surface area (Å²) in [5.74, 6) is -1.52. The SMILES string of the molecule is Cc1ccc(-c2ccc(C)c(NC(=O)C3=CNC(=O)CC3c3cccc(F)c3)c2)nn1. The number of nitrogens with one attached hydrogen (secondary N) is 2. The summed E-state index contributed by atoms with van der Waals surface area (Å²) in [6.07, 6.45) is 1.47. The number of carbonyl (C=O) groups excluding carboxylic acids is 2. The number of nitrogens with zero attached hydrogens (tertiary/aromatic N) is 2. The number of hydrogen-bond acceptors (Lipinski definition) is 4. The predicted octanol–water partition coefficient (Wildman–Crippen LogP) is 4.03. The van der Waals surface area contributed by atoms with E-state index in [0.717, 1.165) is 16.8 Å². The van der Waals surface area contributed by atoms with Gasteiger partial charge in [-0.3, -0.25) is 9.59 Å². The number of amides is 2. The van der Waals surface area contributed by atoms with Gasteiger partial charge in [0.05, 0.1) is 11.4 Å². The summed E-state index contributed by atoms with van der Waals surface area (Å²) in [7, 11) is 0. The molecule has 2 heterocycles. The Morgan fingerprint density at radius 1 is 1.10 bits per heavy atom. The van der Waals surface area contributed by atoms with Gasteiger partial charge in [0.2, 0.25) is 5.91 Å². The number of hydrogen-bond donors (Lipinski definition) is 2. The molecule has 0 bridgehead atoms. The van der Waals surface area contributed by atoms with Crippen LogP contribution in [0.5, 0.6) is 0 Å². The molecule has 0 saturated carbocycles. The van der Waals surface area contributed by atoms with Gasteiger partial charge in [-0.25, -0.2) is 4.39 Å². The summed E-state index contributed by atoms with van der Waals surface area (Å²) in [6.45, 7) is 3.75. The Kier molecular flexibility index (Phi) is 5.58. The molecule has 3 aromatic rings. The van der Waals surface area contributed by atoms with E-state index in [-0.39, 0.29) is 18.2 Å². The van der Waals surface area contributed by atoms with E-state index >= 15 is 0 Å². The highest BCUT2D eigenvalue weighted by Crippen LogP contribution is 2.32. The highest BCUT2D eigenvalue weighted by molar-refractivity contribution is 6.07. The van der Waals surface area contributed by atoms with Crippen molar-refractivity contribution in [2.75, 3.05) is 5.32 Å². The van der Waals surface area contributed by atoms with E-state index in [1.54, 1.807) is 12.1 Å². The molecule has 7 heteroatoms. The lowest BCUT2D eigenvalue weighted by molar-refractivity contribution is -0.121. The second-order valence-electron chi connectivity index (χ2n) is 7.52. The van der Waals surface area contributed by atoms with E-state index in [9.17, 15) is 14.0 Å². The molecule has 31 heavy (non-hydrogen) atoms. The quantitative estimate of drug-likeness (QED) is 0.673. The van der Waals surface area contributed by atoms with Crippen molar-refractivity contribution >= 4 is 17.5 Å². The number of aromatic nitrogens is 2. The van der Waals surface area contributed by atoms with Gasteiger partial charge >= 0.3 is 0 Å². The second-order valence-corrected chi connectivity index (χ2v) is 7.52. The Labute approximate surface area is 179 Å². The van der Waals surface area contributed by atoms with Gasteiger partial charge in [-0.15, -0.1) is 0 Å². The van der Waals surface area contributed by atoms with Crippen molar-refractivity contribution < 1.29 is 14.0 Å². The molecule has 0 saturated heterocycles. The molecule has 2 amide bonds. The van der Waals surface area contributed by atoms with Crippen molar-refractivity contribution in [2.24, 2.45) is 0 Å². The average Bonchev–Trinajstić information content (AvgIpc) is 2.76. The van der Waals surface area contributed by atoms with E-state index in [0.29, 0.717) is 22.5 Å². The van der Waals surface area contributed by atoms with E-state index in [1.807, 2.05) is 44.2 Å². The Morgan fingerprint density at radius 3 is 2.68 bits per heavy atom. The summed E-state index contributed by atoms with van der Waals surface area (Å²) in [6, 6.07) is 15.4. The normalized spacial score (nSPS) is 15.8. The minimum atomic E-state index is -0.532. The van der Waals surface area contributed by atoms with Crippen LogP contribution in [0, 0.1) is 19.7 Å². The van der Waals surface area contributed by atoms with Gasteiger partial charge in [0, 0.05) is 35.4 Å². The molecule has 1 aromatic heterocycles. The number of benzene rings is 2. The molecule has 1 aliphatic rings. The molecule has 0 fully saturated rings. The van der Waals surface area contributed by atoms with Gasteiger partial charge < -0.3 is 10.6 Å². The number of aryl methyl sites for hydroxylation is 2. The standard InChI is InChI=1S/C24H21FN4O2/c1-14-6-8-17(21-9-7-15(2)28-29-21)11-22(14)27-24(31)20-13-26-23(30)12-19(20)16-4-3-5-18(25)10-16/h3-11,13,19H,12H2,1-2H3,(H,26,30)(H,27,31). The summed E-state index contributed by atoms with van der Waals surface area (Å²) in [4.78, 5) is 25.1. The van der Waals surface area contributed by atoms with Crippen molar-refractivity contribution in [3.05, 3.63) is 89.0 Å². The summed E-state index contributed by atoms with van der Waals surface area (Å²) < 4.78 is 13.7. The molecule has 0 radical (unpaired) electrons. The molecule has 1 atom stereocenters. The summed E-state index contributed by atoms with van der Waals surface area (Å²) >= 11 is 0. The average molecular weight is 416 g/mol. The highest BCUT2D eigenvalue weighted by atomic mass is 19.1. The molecule has 0 aliphatic carbocycles. The lowest BCUT2D eigenvalue weighted by Crippen LogP contribution is -2.32. The summed E-state index contributed by atoms with van der Waals surface area (Å²) in [5, 5.41) is 13.8. The first-order valence-corrected chi connectivity index (χ1v) is 9.88. The fourth-order valence-electron chi connectivity index (χ4n) is 3.52. The Hall–Kier alpha value is -3.87. The van der Waals surface area contributed by atoms with Crippen LogP contribution in [0.25, 0.3) is 11.3 Å². The lowest BCUT2D eigenvalue weighted by Gasteiger charge is -2.24. The molecule has 0 spiro atoms. The van der Waals surface area contributed by atoms with E-state index in [1.165, 1.54) is 18.3 Å². The van der Waals surface area contributed by atoms with Crippen LogP contribution in [0.3, 0.4) is 0 Å². The number of anilines is 1. The van der Waals surface area contributed by atoms with Crippen LogP contribution in [-0.2, 0) is 9.59 Å². The van der Waals surface area contributed by atoms with Crippen LogP contribution in [-0.4, -0.2) is 22.0 Å². The molecule has 2 aromatic carbocycles. The zero-order chi connectivity index (χ0) is 22.0. The summed E-state index contributed by atoms with van der Waals surface area (Å²) in [5.41, 5.74) is 4.78. The molecular formula is C24H21FN4O2. The van der Waals surface area contributed by atoms with Gasteiger partial charge in [-0.1, -0.05) is 24.3 Å². The first-order valence-electron chi connectivity index (χ1n) is 9.88. The zero-order valence-corrected chi connectivity index (χ0v) is 17.1. The Balaban J connectivity index is 1.62. The van der Waals surface area contributed by atoms with Crippen molar-refractivity contribution in [3.63, 3.8) is 0 Å². The number of rotatable bonds is 4. The van der Waals surface area contributed by atoms with Crippen LogP contribution in [0.1, 0.15) is 29.2 Å². The van der Waals surface area contributed by atoms with Crippen LogP contribution >= 0.6 is 0 Å². The van der Waals surface area contributed by atoms with Gasteiger partial charge in [0.15, 0.2) is 0 Å². The van der Waals surface area contributed by atoms with Crippen LogP contribution < -0.4 is 10.6 Å². The molecule has 4 rings (SSSR count). The second kappa shape index (κ2) is 8.47. The van der Waals surface area contributed by atoms with Gasteiger partial charge in [0.1, 0.15) is 5.82 Å². The fraction of sp³-hybridized carbons (Fsp3) is 0.167. The van der Waals surface area contributed by atoms with Crippen molar-refractivity contribution in [3.8, 4) is 11.3 Å². The Morgan fingerprint density at radius 2 is 1.94 bits per heavy atom. The van der Waals surface area contributed by atoms with E-state index < -0.39 is 11.7 Å². The van der Waals surface area contributed by atoms with Gasteiger partial charge in [-0.2, -0.15) is 10.2 Å². The molecule has 1 unspecified atom stereocenters. The lowest BCUT2D eigenvalue weighted by atomic mass is 9.86. The first kappa shape index (κ1) is 20.4. The molecular weight excluding hydrogens is 395 g/mol. The minimum Gasteiger partial charge on any atom is -0.332 e. The van der Waals surface area contributed by atoms with Gasteiger partial charge in [-0.05, 0) is 55.3 Å². The molecule has 156 valence electrons. The largest absolute Gasteiger partial charge is 0.332 e. The smallest absolute Gasteiger partial charge is 0.253 e. The third-order valence-corrected chi connectivity index (χ3v) is 5.25. The van der Waals surface area contributed by atoms with E-state index in [2.05, 4.69) is 20.8 Å². The van der Waals surface area contributed by atoms with Crippen LogP contribution in [0.15, 0.2) is 66.4 Å². The molecule has 6 nitrogen and oxygen atoms in total. The minimum absolute atomic E-state index is 0.0701. The van der Waals surface area contributed by atoms with E-state index in [4.69, 9.17) is 0 Å². The Bertz CT molecular complexity index is 1190. The first-order chi connectivity index (χ1) is 14.9. The zero-order valence-electron chi connectivity index (χ0n) is 17.1. The highest BCUT2D eigenvalue weighted by Gasteiger charge is 2.29. The number of carbonyl (C=O) groups is 2. The third-order valence-electron chi connectivity index (χ3n) is 5.25. The van der Waals surface area contributed by atoms with Crippen molar-refractivity contribution in [2.45, 2.75) is 26.2 Å². The van der Waals surface area contributed by atoms with Crippen LogP contribution in [0.2, 0.25) is 0 Å². The van der Waals surface area contributed by atoms with Gasteiger partial charge in [0.25, 0.3) is 5.91 Å². The molecule has 1 aliphatic heterocycles. The number of halogens is 1. The van der Waals surface area contributed by atoms with Crippen molar-refractivity contribution in [1.82, 2.24) is 15.5 Å².